The lowest BCUT2D eigenvalue weighted by molar-refractivity contribution is 0.173. The van der Waals surface area contributed by atoms with Gasteiger partial charge in [-0.15, -0.1) is 0 Å². The molecule has 0 radical (unpaired) electrons. The largest absolute Gasteiger partial charge is 0.485 e. The number of aromatic nitrogens is 2. The number of fused-ring (bicyclic) bond motifs is 1. The van der Waals surface area contributed by atoms with Gasteiger partial charge < -0.3 is 24.1 Å². The minimum absolute atomic E-state index is 0.240. The van der Waals surface area contributed by atoms with Gasteiger partial charge in [0.2, 0.25) is 18.5 Å². The first kappa shape index (κ1) is 13.7. The van der Waals surface area contributed by atoms with Gasteiger partial charge in [0, 0.05) is 25.1 Å². The molecule has 1 aliphatic heterocycles. The molecule has 0 aliphatic carbocycles. The van der Waals surface area contributed by atoms with Crippen LogP contribution in [0.2, 0.25) is 0 Å². The van der Waals surface area contributed by atoms with Gasteiger partial charge in [-0.2, -0.15) is 4.98 Å². The van der Waals surface area contributed by atoms with Gasteiger partial charge in [-0.05, 0) is 12.6 Å². The van der Waals surface area contributed by atoms with Crippen LogP contribution in [0.1, 0.15) is 24.2 Å². The summed E-state index contributed by atoms with van der Waals surface area (Å²) < 4.78 is 21.5. The zero-order valence-corrected chi connectivity index (χ0v) is 12.0. The molecule has 0 fully saturated rings. The van der Waals surface area contributed by atoms with E-state index < -0.39 is 0 Å². The second-order valence-electron chi connectivity index (χ2n) is 4.61. The van der Waals surface area contributed by atoms with Crippen molar-refractivity contribution < 1.29 is 18.7 Å². The molecule has 0 bridgehead atoms. The van der Waals surface area contributed by atoms with Crippen molar-refractivity contribution in [1.29, 1.82) is 0 Å². The third-order valence-corrected chi connectivity index (χ3v) is 3.05. The lowest BCUT2D eigenvalue weighted by Crippen LogP contribution is -2.13. The number of rotatable bonds is 6. The number of nitrogens with one attached hydrogen (secondary N) is 1. The summed E-state index contributed by atoms with van der Waals surface area (Å²) in [6.45, 7) is 5.84. The summed E-state index contributed by atoms with van der Waals surface area (Å²) in [5.74, 6) is 3.19. The van der Waals surface area contributed by atoms with Crippen LogP contribution in [-0.4, -0.2) is 23.5 Å². The molecule has 0 amide bonds. The number of aryl methyl sites for hydroxylation is 1. The predicted molar refractivity (Wildman–Crippen MR) is 73.3 cm³/mol. The fourth-order valence-corrected chi connectivity index (χ4v) is 2.04. The van der Waals surface area contributed by atoms with Crippen molar-refractivity contribution in [3.63, 3.8) is 0 Å². The first-order valence-electron chi connectivity index (χ1n) is 6.81. The number of benzene rings is 1. The Kier molecular flexibility index (Phi) is 3.92. The fraction of sp³-hybridized carbons (Fsp3) is 0.429. The van der Waals surface area contributed by atoms with Crippen molar-refractivity contribution in [2.24, 2.45) is 0 Å². The first-order valence-corrected chi connectivity index (χ1v) is 6.81. The summed E-state index contributed by atoms with van der Waals surface area (Å²) in [7, 11) is 0. The van der Waals surface area contributed by atoms with Gasteiger partial charge in [-0.25, -0.2) is 0 Å². The van der Waals surface area contributed by atoms with E-state index in [9.17, 15) is 0 Å². The molecule has 0 unspecified atom stereocenters. The predicted octanol–water partition coefficient (Wildman–Crippen LogP) is 1.80. The van der Waals surface area contributed by atoms with Crippen molar-refractivity contribution in [2.45, 2.75) is 27.0 Å². The fourth-order valence-electron chi connectivity index (χ4n) is 2.04. The summed E-state index contributed by atoms with van der Waals surface area (Å²) in [6.07, 6.45) is 0. The van der Waals surface area contributed by atoms with Crippen LogP contribution in [0.25, 0.3) is 0 Å². The Morgan fingerprint density at radius 3 is 2.81 bits per heavy atom. The normalized spacial score (nSPS) is 12.7. The highest BCUT2D eigenvalue weighted by atomic mass is 16.7. The molecule has 1 aromatic heterocycles. The van der Waals surface area contributed by atoms with Crippen LogP contribution in [0, 0.1) is 6.92 Å². The van der Waals surface area contributed by atoms with Gasteiger partial charge >= 0.3 is 0 Å². The molecular formula is C14H17N3O4. The molecule has 0 atom stereocenters. The Labute approximate surface area is 122 Å². The van der Waals surface area contributed by atoms with E-state index in [1.807, 2.05) is 12.1 Å². The minimum atomic E-state index is 0.240. The summed E-state index contributed by atoms with van der Waals surface area (Å²) in [5, 5.41) is 7.08. The highest BCUT2D eigenvalue weighted by molar-refractivity contribution is 5.51. The Morgan fingerprint density at radius 2 is 2.10 bits per heavy atom. The maximum Gasteiger partial charge on any atom is 0.231 e. The standard InChI is InChI=1S/C14H17N3O4/c1-3-15-6-10-4-12-13(20-8-19-12)5-11(10)18-7-14-16-9(2)21-17-14/h4-5,15H,3,6-8H2,1-2H3. The molecule has 1 aromatic carbocycles. The molecule has 1 N–H and O–H groups in total. The molecule has 0 spiro atoms. The number of hydrogen-bond donors (Lipinski definition) is 1. The lowest BCUT2D eigenvalue weighted by Gasteiger charge is -2.12. The van der Waals surface area contributed by atoms with Crippen molar-refractivity contribution in [3.8, 4) is 17.2 Å². The molecule has 0 saturated heterocycles. The van der Waals surface area contributed by atoms with Crippen LogP contribution in [0.15, 0.2) is 16.7 Å². The molecule has 0 saturated carbocycles. The average Bonchev–Trinajstić information content (AvgIpc) is 3.10. The third-order valence-electron chi connectivity index (χ3n) is 3.05. The molecular weight excluding hydrogens is 274 g/mol. The molecule has 1 aliphatic rings. The Morgan fingerprint density at radius 1 is 1.29 bits per heavy atom. The quantitative estimate of drug-likeness (QED) is 0.869. The van der Waals surface area contributed by atoms with Crippen LogP contribution in [0.5, 0.6) is 17.2 Å². The lowest BCUT2D eigenvalue weighted by atomic mass is 10.1. The zero-order chi connectivity index (χ0) is 14.7. The number of nitrogens with zero attached hydrogens (tertiary/aromatic N) is 2. The van der Waals surface area contributed by atoms with Crippen LogP contribution in [0.3, 0.4) is 0 Å². The number of hydrogen-bond acceptors (Lipinski definition) is 7. The summed E-state index contributed by atoms with van der Waals surface area (Å²) >= 11 is 0. The van der Waals surface area contributed by atoms with Gasteiger partial charge in [0.25, 0.3) is 0 Å². The summed E-state index contributed by atoms with van der Waals surface area (Å²) in [4.78, 5) is 4.12. The second-order valence-corrected chi connectivity index (χ2v) is 4.61. The molecule has 7 heteroatoms. The van der Waals surface area contributed by atoms with Crippen molar-refractivity contribution in [1.82, 2.24) is 15.5 Å². The van der Waals surface area contributed by atoms with Crippen molar-refractivity contribution >= 4 is 0 Å². The van der Waals surface area contributed by atoms with Crippen LogP contribution in [0.4, 0.5) is 0 Å². The van der Waals surface area contributed by atoms with Gasteiger partial charge in [0.1, 0.15) is 5.75 Å². The van der Waals surface area contributed by atoms with E-state index in [1.165, 1.54) is 0 Å². The van der Waals surface area contributed by atoms with E-state index in [-0.39, 0.29) is 13.4 Å². The summed E-state index contributed by atoms with van der Waals surface area (Å²) in [5.41, 5.74) is 1.00. The van der Waals surface area contributed by atoms with Crippen LogP contribution < -0.4 is 19.5 Å². The van der Waals surface area contributed by atoms with E-state index in [4.69, 9.17) is 18.7 Å². The van der Waals surface area contributed by atoms with E-state index in [0.717, 1.165) is 23.6 Å². The Bertz CT molecular complexity index is 627. The van der Waals surface area contributed by atoms with Gasteiger partial charge in [-0.1, -0.05) is 12.1 Å². The Balaban J connectivity index is 1.78. The highest BCUT2D eigenvalue weighted by Crippen LogP contribution is 2.38. The van der Waals surface area contributed by atoms with Crippen LogP contribution in [-0.2, 0) is 13.2 Å². The maximum atomic E-state index is 5.80. The van der Waals surface area contributed by atoms with E-state index in [1.54, 1.807) is 6.92 Å². The summed E-state index contributed by atoms with van der Waals surface area (Å²) in [6, 6.07) is 3.77. The second kappa shape index (κ2) is 6.01. The molecule has 21 heavy (non-hydrogen) atoms. The van der Waals surface area contributed by atoms with Crippen molar-refractivity contribution in [2.75, 3.05) is 13.3 Å². The van der Waals surface area contributed by atoms with Gasteiger partial charge in [0.05, 0.1) is 0 Å². The smallest absolute Gasteiger partial charge is 0.231 e. The average molecular weight is 291 g/mol. The third kappa shape index (κ3) is 3.08. The zero-order valence-electron chi connectivity index (χ0n) is 12.0. The first-order chi connectivity index (χ1) is 10.3. The van der Waals surface area contributed by atoms with E-state index >= 15 is 0 Å². The molecule has 3 rings (SSSR count). The monoisotopic (exact) mass is 291 g/mol. The minimum Gasteiger partial charge on any atom is -0.485 e. The topological polar surface area (TPSA) is 78.6 Å². The van der Waals surface area contributed by atoms with E-state index in [0.29, 0.717) is 24.0 Å². The van der Waals surface area contributed by atoms with Gasteiger partial charge in [-0.3, -0.25) is 0 Å². The van der Waals surface area contributed by atoms with Crippen LogP contribution >= 0.6 is 0 Å². The van der Waals surface area contributed by atoms with E-state index in [2.05, 4.69) is 22.4 Å². The molecule has 2 aromatic rings. The molecule has 2 heterocycles. The molecule has 112 valence electrons. The molecule has 7 nitrogen and oxygen atoms in total. The Hall–Kier alpha value is -2.28. The van der Waals surface area contributed by atoms with Crippen molar-refractivity contribution in [3.05, 3.63) is 29.4 Å². The van der Waals surface area contributed by atoms with Gasteiger partial charge in [0.15, 0.2) is 18.1 Å². The maximum absolute atomic E-state index is 5.80. The highest BCUT2D eigenvalue weighted by Gasteiger charge is 2.18. The number of ether oxygens (including phenoxy) is 3. The SMILES string of the molecule is CCNCc1cc2c(cc1OCc1noc(C)n1)OCO2.